The van der Waals surface area contributed by atoms with Gasteiger partial charge in [0.15, 0.2) is 5.76 Å². The first kappa shape index (κ1) is 20.8. The Bertz CT molecular complexity index is 1170. The maximum atomic E-state index is 13.9. The van der Waals surface area contributed by atoms with Crippen molar-refractivity contribution >= 4 is 23.5 Å². The van der Waals surface area contributed by atoms with Crippen LogP contribution >= 0.6 is 11.6 Å². The molecule has 0 spiro atoms. The highest BCUT2D eigenvalue weighted by atomic mass is 35.5. The van der Waals surface area contributed by atoms with Gasteiger partial charge in [-0.3, -0.25) is 4.79 Å². The quantitative estimate of drug-likeness (QED) is 0.461. The zero-order chi connectivity index (χ0) is 22.0. The molecule has 0 aromatic heterocycles. The molecular weight excluding hydrogens is 423 g/mol. The fraction of sp³-hybridized carbons (Fsp3) is 0.125. The van der Waals surface area contributed by atoms with Gasteiger partial charge in [0.2, 0.25) is 5.78 Å². The van der Waals surface area contributed by atoms with E-state index in [1.807, 2.05) is 0 Å². The summed E-state index contributed by atoms with van der Waals surface area (Å²) in [7, 11) is 3.10. The van der Waals surface area contributed by atoms with Gasteiger partial charge in [-0.2, -0.15) is 0 Å². The van der Waals surface area contributed by atoms with E-state index in [9.17, 15) is 9.18 Å². The fourth-order valence-electron chi connectivity index (χ4n) is 3.16. The lowest BCUT2D eigenvalue weighted by molar-refractivity contribution is 0.101. The van der Waals surface area contributed by atoms with E-state index in [0.717, 1.165) is 0 Å². The van der Waals surface area contributed by atoms with E-state index in [0.29, 0.717) is 34.1 Å². The van der Waals surface area contributed by atoms with Gasteiger partial charge in [-0.25, -0.2) is 4.39 Å². The number of rotatable bonds is 6. The van der Waals surface area contributed by atoms with Crippen molar-refractivity contribution in [2.45, 2.75) is 6.61 Å². The van der Waals surface area contributed by atoms with Crippen LogP contribution in [0.4, 0.5) is 4.39 Å². The monoisotopic (exact) mass is 440 g/mol. The minimum atomic E-state index is -0.446. The Morgan fingerprint density at radius 3 is 2.58 bits per heavy atom. The predicted octanol–water partition coefficient (Wildman–Crippen LogP) is 5.69. The molecule has 31 heavy (non-hydrogen) atoms. The third-order valence-electron chi connectivity index (χ3n) is 4.81. The first-order valence-corrected chi connectivity index (χ1v) is 9.74. The van der Waals surface area contributed by atoms with E-state index in [1.165, 1.54) is 19.2 Å². The topological polar surface area (TPSA) is 54.0 Å². The van der Waals surface area contributed by atoms with Crippen molar-refractivity contribution in [1.29, 1.82) is 0 Å². The van der Waals surface area contributed by atoms with Gasteiger partial charge < -0.3 is 18.9 Å². The molecule has 3 aromatic rings. The molecule has 1 aliphatic heterocycles. The number of hydrogen-bond acceptors (Lipinski definition) is 5. The molecule has 0 saturated carbocycles. The molecule has 0 N–H and O–H groups in total. The van der Waals surface area contributed by atoms with E-state index in [1.54, 1.807) is 55.7 Å². The Balaban J connectivity index is 1.55. The number of methoxy groups -OCH3 is 2. The molecule has 158 valence electrons. The van der Waals surface area contributed by atoms with Crippen LogP contribution in [-0.4, -0.2) is 20.0 Å². The van der Waals surface area contributed by atoms with Crippen molar-refractivity contribution < 1.29 is 28.1 Å². The molecule has 0 aliphatic carbocycles. The van der Waals surface area contributed by atoms with E-state index < -0.39 is 5.82 Å². The molecule has 1 aliphatic rings. The summed E-state index contributed by atoms with van der Waals surface area (Å²) >= 11 is 6.03. The van der Waals surface area contributed by atoms with Crippen LogP contribution in [-0.2, 0) is 6.61 Å². The van der Waals surface area contributed by atoms with E-state index in [2.05, 4.69) is 0 Å². The molecule has 0 atom stereocenters. The molecule has 3 aromatic carbocycles. The third-order valence-corrected chi connectivity index (χ3v) is 5.17. The van der Waals surface area contributed by atoms with Crippen molar-refractivity contribution in [3.63, 3.8) is 0 Å². The second-order valence-corrected chi connectivity index (χ2v) is 7.10. The Morgan fingerprint density at radius 2 is 1.84 bits per heavy atom. The van der Waals surface area contributed by atoms with Crippen LogP contribution in [0.15, 0.2) is 60.4 Å². The second-order valence-electron chi connectivity index (χ2n) is 6.69. The Kier molecular flexibility index (Phi) is 5.82. The van der Waals surface area contributed by atoms with E-state index in [4.69, 9.17) is 30.5 Å². The van der Waals surface area contributed by atoms with Crippen LogP contribution in [0.5, 0.6) is 23.0 Å². The van der Waals surface area contributed by atoms with Crippen LogP contribution in [0.3, 0.4) is 0 Å². The van der Waals surface area contributed by atoms with Crippen LogP contribution in [0.2, 0.25) is 5.02 Å². The molecule has 7 heteroatoms. The van der Waals surface area contributed by atoms with Crippen LogP contribution < -0.4 is 18.9 Å². The number of halogens is 2. The van der Waals surface area contributed by atoms with Gasteiger partial charge in [0.1, 0.15) is 35.4 Å². The normalized spacial score (nSPS) is 13.7. The number of carbonyl (C=O) groups excluding carboxylic acids is 1. The summed E-state index contributed by atoms with van der Waals surface area (Å²) in [4.78, 5) is 12.7. The number of ether oxygens (including phenoxy) is 4. The molecule has 0 fully saturated rings. The molecular formula is C24H18ClFO5. The van der Waals surface area contributed by atoms with Gasteiger partial charge >= 0.3 is 0 Å². The summed E-state index contributed by atoms with van der Waals surface area (Å²) in [6.07, 6.45) is 1.61. The zero-order valence-corrected chi connectivity index (χ0v) is 17.5. The lowest BCUT2D eigenvalue weighted by Gasteiger charge is -2.09. The summed E-state index contributed by atoms with van der Waals surface area (Å²) < 4.78 is 35.9. The predicted molar refractivity (Wildman–Crippen MR) is 115 cm³/mol. The minimum absolute atomic E-state index is 0.0516. The average Bonchev–Trinajstić information content (AvgIpc) is 3.08. The van der Waals surface area contributed by atoms with Gasteiger partial charge in [-0.15, -0.1) is 0 Å². The van der Waals surface area contributed by atoms with Gasteiger partial charge in [0.05, 0.1) is 24.8 Å². The van der Waals surface area contributed by atoms with Crippen LogP contribution in [0.1, 0.15) is 21.5 Å². The van der Waals surface area contributed by atoms with Gasteiger partial charge in [-0.05, 0) is 42.5 Å². The summed E-state index contributed by atoms with van der Waals surface area (Å²) in [6.45, 7) is -0.0516. The number of carbonyl (C=O) groups is 1. The standard InChI is InChI=1S/C24H18ClFO5/c1-28-15-7-6-14(21(11-15)29-2)10-23-24(27)17-9-8-16(12-22(17)31-23)30-13-18-19(25)4-3-5-20(18)26/h3-12H,13H2,1-2H3. The smallest absolute Gasteiger partial charge is 0.231 e. The molecule has 0 amide bonds. The maximum Gasteiger partial charge on any atom is 0.231 e. The third kappa shape index (κ3) is 4.20. The molecule has 4 rings (SSSR count). The largest absolute Gasteiger partial charge is 0.497 e. The lowest BCUT2D eigenvalue weighted by atomic mass is 10.1. The molecule has 1 heterocycles. The highest BCUT2D eigenvalue weighted by molar-refractivity contribution is 6.31. The number of allylic oxidation sites excluding steroid dienone is 1. The maximum absolute atomic E-state index is 13.9. The Labute approximate surface area is 183 Å². The highest BCUT2D eigenvalue weighted by Crippen LogP contribution is 2.36. The number of Topliss-reactive ketones (excluding diaryl/α,β-unsaturated/α-hetero) is 1. The van der Waals surface area contributed by atoms with Crippen molar-refractivity contribution in [2.24, 2.45) is 0 Å². The number of hydrogen-bond donors (Lipinski definition) is 0. The molecule has 0 unspecified atom stereocenters. The molecule has 0 saturated heterocycles. The number of ketones is 1. The minimum Gasteiger partial charge on any atom is -0.497 e. The summed E-state index contributed by atoms with van der Waals surface area (Å²) in [6, 6.07) is 14.5. The van der Waals surface area contributed by atoms with E-state index >= 15 is 0 Å². The van der Waals surface area contributed by atoms with Crippen LogP contribution in [0.25, 0.3) is 6.08 Å². The SMILES string of the molecule is COc1ccc(C=C2Oc3cc(OCc4c(F)cccc4Cl)ccc3C2=O)c(OC)c1. The average molecular weight is 441 g/mol. The second kappa shape index (κ2) is 8.70. The summed E-state index contributed by atoms with van der Waals surface area (Å²) in [5.41, 5.74) is 1.34. The van der Waals surface area contributed by atoms with Crippen LogP contribution in [0, 0.1) is 5.82 Å². The number of fused-ring (bicyclic) bond motifs is 1. The van der Waals surface area contributed by atoms with Crippen molar-refractivity contribution in [3.8, 4) is 23.0 Å². The van der Waals surface area contributed by atoms with Crippen molar-refractivity contribution in [2.75, 3.05) is 14.2 Å². The molecule has 0 radical (unpaired) electrons. The van der Waals surface area contributed by atoms with E-state index in [-0.39, 0.29) is 28.7 Å². The van der Waals surface area contributed by atoms with Gasteiger partial charge in [-0.1, -0.05) is 17.7 Å². The first-order valence-electron chi connectivity index (χ1n) is 9.36. The summed E-state index contributed by atoms with van der Waals surface area (Å²) in [5.74, 6) is 1.43. The van der Waals surface area contributed by atoms with Gasteiger partial charge in [0.25, 0.3) is 0 Å². The molecule has 5 nitrogen and oxygen atoms in total. The Hall–Kier alpha value is -3.51. The zero-order valence-electron chi connectivity index (χ0n) is 16.8. The first-order chi connectivity index (χ1) is 15.0. The lowest BCUT2D eigenvalue weighted by Crippen LogP contribution is -2.00. The van der Waals surface area contributed by atoms with Crippen molar-refractivity contribution in [3.05, 3.63) is 87.9 Å². The number of benzene rings is 3. The van der Waals surface area contributed by atoms with Crippen molar-refractivity contribution in [1.82, 2.24) is 0 Å². The fourth-order valence-corrected chi connectivity index (χ4v) is 3.38. The molecule has 0 bridgehead atoms. The van der Waals surface area contributed by atoms with Gasteiger partial charge in [0, 0.05) is 23.3 Å². The highest BCUT2D eigenvalue weighted by Gasteiger charge is 2.28. The Morgan fingerprint density at radius 1 is 1.03 bits per heavy atom. The summed E-state index contributed by atoms with van der Waals surface area (Å²) in [5, 5.41) is 0.284.